The zero-order valence-electron chi connectivity index (χ0n) is 16.7. The molecule has 3 heterocycles. The zero-order valence-corrected chi connectivity index (χ0v) is 17.5. The van der Waals surface area contributed by atoms with Gasteiger partial charge in [-0.1, -0.05) is 6.07 Å². The quantitative estimate of drug-likeness (QED) is 0.644. The molecule has 3 aromatic rings. The largest absolute Gasteiger partial charge is 0.352 e. The molecule has 11 heteroatoms. The lowest BCUT2D eigenvalue weighted by Crippen LogP contribution is -2.49. The number of aromatic nitrogens is 3. The highest BCUT2D eigenvalue weighted by molar-refractivity contribution is 7.89. The van der Waals surface area contributed by atoms with Gasteiger partial charge in [0, 0.05) is 38.4 Å². The molecule has 1 aliphatic rings. The number of nitrogens with zero attached hydrogens (tertiary/aromatic N) is 5. The Balaban J connectivity index is 1.39. The minimum absolute atomic E-state index is 0.147. The number of hydrogen-bond donors (Lipinski definition) is 1. The van der Waals surface area contributed by atoms with E-state index in [0.717, 1.165) is 17.7 Å². The van der Waals surface area contributed by atoms with Crippen LogP contribution in [0, 0.1) is 18.6 Å². The summed E-state index contributed by atoms with van der Waals surface area (Å²) in [7, 11) is -4.05. The van der Waals surface area contributed by atoms with E-state index >= 15 is 0 Å². The van der Waals surface area contributed by atoms with E-state index in [-0.39, 0.29) is 13.1 Å². The summed E-state index contributed by atoms with van der Waals surface area (Å²) < 4.78 is 53.7. The lowest BCUT2D eigenvalue weighted by atomic mass is 10.3. The first kappa shape index (κ1) is 21.1. The summed E-state index contributed by atoms with van der Waals surface area (Å²) in [5, 5.41) is 11.4. The van der Waals surface area contributed by atoms with Gasteiger partial charge in [-0.25, -0.2) is 22.2 Å². The monoisotopic (exact) mass is 446 g/mol. The minimum Gasteiger partial charge on any atom is -0.352 e. The van der Waals surface area contributed by atoms with Crippen LogP contribution in [0.25, 0.3) is 0 Å². The van der Waals surface area contributed by atoms with Crippen molar-refractivity contribution >= 4 is 27.5 Å². The second-order valence-corrected chi connectivity index (χ2v) is 8.99. The number of halogens is 2. The number of benzene rings is 1. The van der Waals surface area contributed by atoms with Crippen molar-refractivity contribution in [2.75, 3.05) is 36.4 Å². The van der Waals surface area contributed by atoms with Crippen LogP contribution in [0.5, 0.6) is 0 Å². The van der Waals surface area contributed by atoms with Crippen LogP contribution in [0.15, 0.2) is 53.6 Å². The topological polar surface area (TPSA) is 91.3 Å². The average molecular weight is 446 g/mol. The molecule has 1 aromatic carbocycles. The number of rotatable bonds is 5. The van der Waals surface area contributed by atoms with Crippen LogP contribution in [0.3, 0.4) is 0 Å². The van der Waals surface area contributed by atoms with E-state index < -0.39 is 26.6 Å². The molecule has 162 valence electrons. The standard InChI is InChI=1S/C20H20F2N6O2S/c1-14-2-5-18(23-13-14)24-19-6-7-20(26-25-19)27-8-10-28(11-9-27)31(29,30)17-4-3-15(21)12-16(17)22/h2-7,12-13H,8-11H2,1H3,(H,23,24,25). The molecule has 0 radical (unpaired) electrons. The molecule has 8 nitrogen and oxygen atoms in total. The van der Waals surface area contributed by atoms with Gasteiger partial charge in [0.25, 0.3) is 0 Å². The summed E-state index contributed by atoms with van der Waals surface area (Å²) in [5.74, 6) is -0.129. The van der Waals surface area contributed by atoms with Crippen LogP contribution in [0.2, 0.25) is 0 Å². The molecule has 0 saturated carbocycles. The molecule has 0 bridgehead atoms. The molecule has 1 saturated heterocycles. The van der Waals surface area contributed by atoms with Gasteiger partial charge in [-0.3, -0.25) is 0 Å². The van der Waals surface area contributed by atoms with E-state index in [2.05, 4.69) is 20.5 Å². The average Bonchev–Trinajstić information content (AvgIpc) is 2.76. The fourth-order valence-corrected chi connectivity index (χ4v) is 4.68. The van der Waals surface area contributed by atoms with Crippen molar-refractivity contribution in [1.82, 2.24) is 19.5 Å². The van der Waals surface area contributed by atoms with E-state index in [1.807, 2.05) is 24.0 Å². The van der Waals surface area contributed by atoms with Gasteiger partial charge in [0.2, 0.25) is 10.0 Å². The third-order valence-corrected chi connectivity index (χ3v) is 6.82. The third kappa shape index (κ3) is 4.62. The first-order valence-corrected chi connectivity index (χ1v) is 11.0. The minimum atomic E-state index is -4.05. The smallest absolute Gasteiger partial charge is 0.246 e. The Kier molecular flexibility index (Phi) is 5.79. The van der Waals surface area contributed by atoms with E-state index in [9.17, 15) is 17.2 Å². The third-order valence-electron chi connectivity index (χ3n) is 4.89. The molecule has 4 rings (SSSR count). The van der Waals surface area contributed by atoms with E-state index in [4.69, 9.17) is 0 Å². The van der Waals surface area contributed by atoms with E-state index in [1.165, 1.54) is 4.31 Å². The van der Waals surface area contributed by atoms with Gasteiger partial charge in [-0.15, -0.1) is 10.2 Å². The molecule has 2 aromatic heterocycles. The first-order chi connectivity index (χ1) is 14.8. The van der Waals surface area contributed by atoms with Crippen LogP contribution in [-0.4, -0.2) is 54.1 Å². The van der Waals surface area contributed by atoms with Crippen molar-refractivity contribution in [3.05, 3.63) is 65.9 Å². The number of piperazine rings is 1. The summed E-state index contributed by atoms with van der Waals surface area (Å²) in [5.41, 5.74) is 1.05. The Labute approximate surface area is 178 Å². The van der Waals surface area contributed by atoms with Gasteiger partial charge < -0.3 is 10.2 Å². The molecular formula is C20H20F2N6O2S. The predicted octanol–water partition coefficient (Wildman–Crippen LogP) is 2.71. The van der Waals surface area contributed by atoms with Crippen LogP contribution in [0.1, 0.15) is 5.56 Å². The molecule has 1 N–H and O–H groups in total. The van der Waals surface area contributed by atoms with Crippen LogP contribution >= 0.6 is 0 Å². The highest BCUT2D eigenvalue weighted by Crippen LogP contribution is 2.23. The van der Waals surface area contributed by atoms with Crippen molar-refractivity contribution in [3.63, 3.8) is 0 Å². The number of aryl methyl sites for hydroxylation is 1. The summed E-state index contributed by atoms with van der Waals surface area (Å²) in [4.78, 5) is 5.63. The molecular weight excluding hydrogens is 426 g/mol. The van der Waals surface area contributed by atoms with Gasteiger partial charge in [0.05, 0.1) is 0 Å². The highest BCUT2D eigenvalue weighted by Gasteiger charge is 2.31. The van der Waals surface area contributed by atoms with Crippen molar-refractivity contribution < 1.29 is 17.2 Å². The van der Waals surface area contributed by atoms with Crippen LogP contribution in [-0.2, 0) is 10.0 Å². The van der Waals surface area contributed by atoms with Crippen molar-refractivity contribution in [2.45, 2.75) is 11.8 Å². The molecule has 31 heavy (non-hydrogen) atoms. The zero-order chi connectivity index (χ0) is 22.0. The maximum Gasteiger partial charge on any atom is 0.246 e. The molecule has 0 aliphatic carbocycles. The van der Waals surface area contributed by atoms with Crippen LogP contribution in [0.4, 0.5) is 26.2 Å². The van der Waals surface area contributed by atoms with Crippen molar-refractivity contribution in [1.29, 1.82) is 0 Å². The summed E-state index contributed by atoms with van der Waals surface area (Å²) in [6, 6.07) is 9.78. The summed E-state index contributed by atoms with van der Waals surface area (Å²) in [6.07, 6.45) is 1.75. The maximum atomic E-state index is 14.0. The molecule has 0 amide bonds. The van der Waals surface area contributed by atoms with Gasteiger partial charge in [-0.05, 0) is 42.8 Å². The Morgan fingerprint density at radius 2 is 1.68 bits per heavy atom. The van der Waals surface area contributed by atoms with Gasteiger partial charge >= 0.3 is 0 Å². The van der Waals surface area contributed by atoms with E-state index in [0.29, 0.717) is 36.6 Å². The Hall–Kier alpha value is -3.18. The molecule has 0 unspecified atom stereocenters. The Morgan fingerprint density at radius 1 is 0.935 bits per heavy atom. The Morgan fingerprint density at radius 3 is 2.29 bits per heavy atom. The van der Waals surface area contributed by atoms with Crippen molar-refractivity contribution in [2.24, 2.45) is 0 Å². The number of anilines is 3. The van der Waals surface area contributed by atoms with Crippen LogP contribution < -0.4 is 10.2 Å². The maximum absolute atomic E-state index is 14.0. The molecule has 1 aliphatic heterocycles. The fourth-order valence-electron chi connectivity index (χ4n) is 3.21. The second kappa shape index (κ2) is 8.52. The SMILES string of the molecule is Cc1ccc(Nc2ccc(N3CCN(S(=O)(=O)c4ccc(F)cc4F)CC3)nn2)nc1. The number of sulfonamides is 1. The second-order valence-electron chi connectivity index (χ2n) is 7.09. The lowest BCUT2D eigenvalue weighted by Gasteiger charge is -2.34. The molecule has 1 fully saturated rings. The predicted molar refractivity (Wildman–Crippen MR) is 112 cm³/mol. The fraction of sp³-hybridized carbons (Fsp3) is 0.250. The van der Waals surface area contributed by atoms with Gasteiger partial charge in [0.1, 0.15) is 22.3 Å². The number of nitrogens with one attached hydrogen (secondary N) is 1. The molecule has 0 atom stereocenters. The number of hydrogen-bond acceptors (Lipinski definition) is 7. The summed E-state index contributed by atoms with van der Waals surface area (Å²) >= 11 is 0. The van der Waals surface area contributed by atoms with Gasteiger partial charge in [-0.2, -0.15) is 4.31 Å². The van der Waals surface area contributed by atoms with Crippen molar-refractivity contribution in [3.8, 4) is 0 Å². The Bertz CT molecular complexity index is 1170. The van der Waals surface area contributed by atoms with Gasteiger partial charge in [0.15, 0.2) is 11.6 Å². The highest BCUT2D eigenvalue weighted by atomic mass is 32.2. The number of pyridine rings is 1. The lowest BCUT2D eigenvalue weighted by molar-refractivity contribution is 0.381. The normalized spacial score (nSPS) is 15.1. The summed E-state index contributed by atoms with van der Waals surface area (Å²) in [6.45, 7) is 2.97. The molecule has 0 spiro atoms. The first-order valence-electron chi connectivity index (χ1n) is 9.56. The van der Waals surface area contributed by atoms with E-state index in [1.54, 1.807) is 18.3 Å².